The highest BCUT2D eigenvalue weighted by molar-refractivity contribution is 9.11. The van der Waals surface area contributed by atoms with Crippen molar-refractivity contribution in [1.29, 1.82) is 0 Å². The van der Waals surface area contributed by atoms with E-state index in [1.165, 1.54) is 5.56 Å². The predicted molar refractivity (Wildman–Crippen MR) is 90.2 cm³/mol. The van der Waals surface area contributed by atoms with Crippen molar-refractivity contribution in [2.75, 3.05) is 13.2 Å². The predicted octanol–water partition coefficient (Wildman–Crippen LogP) is 4.11. The van der Waals surface area contributed by atoms with Crippen molar-refractivity contribution in [3.63, 3.8) is 0 Å². The molecule has 0 amide bonds. The zero-order chi connectivity index (χ0) is 15.1. The Labute approximate surface area is 138 Å². The summed E-state index contributed by atoms with van der Waals surface area (Å²) in [5.41, 5.74) is 1.18. The van der Waals surface area contributed by atoms with Crippen LogP contribution in [0.25, 0.3) is 0 Å². The fourth-order valence-electron chi connectivity index (χ4n) is 2.06. The maximum absolute atomic E-state index is 9.09. The van der Waals surface area contributed by atoms with Crippen molar-refractivity contribution in [2.45, 2.75) is 39.8 Å². The van der Waals surface area contributed by atoms with Crippen molar-refractivity contribution in [3.05, 3.63) is 26.6 Å². The van der Waals surface area contributed by atoms with E-state index in [2.05, 4.69) is 63.2 Å². The molecule has 20 heavy (non-hydrogen) atoms. The van der Waals surface area contributed by atoms with Crippen LogP contribution in [-0.2, 0) is 6.54 Å². The van der Waals surface area contributed by atoms with Gasteiger partial charge in [-0.15, -0.1) is 0 Å². The molecular weight excluding hydrogens is 386 g/mol. The van der Waals surface area contributed by atoms with Crippen LogP contribution < -0.4 is 10.1 Å². The van der Waals surface area contributed by atoms with Crippen molar-refractivity contribution in [3.8, 4) is 5.75 Å². The molecule has 5 heteroatoms. The Kier molecular flexibility index (Phi) is 8.10. The van der Waals surface area contributed by atoms with Crippen molar-refractivity contribution >= 4 is 31.9 Å². The van der Waals surface area contributed by atoms with Crippen molar-refractivity contribution in [1.82, 2.24) is 5.32 Å². The van der Waals surface area contributed by atoms with Gasteiger partial charge in [-0.1, -0.05) is 13.8 Å². The maximum atomic E-state index is 9.09. The number of aliphatic hydroxyl groups excluding tert-OH is 1. The molecule has 0 aromatic heterocycles. The van der Waals surface area contributed by atoms with Gasteiger partial charge in [0.15, 0.2) is 0 Å². The third-order valence-corrected chi connectivity index (χ3v) is 4.34. The highest BCUT2D eigenvalue weighted by atomic mass is 79.9. The molecule has 2 N–H and O–H groups in total. The summed E-state index contributed by atoms with van der Waals surface area (Å²) in [6.07, 6.45) is 0.775. The first kappa shape index (κ1) is 18.0. The molecule has 1 atom stereocenters. The molecule has 114 valence electrons. The molecule has 0 bridgehead atoms. The van der Waals surface area contributed by atoms with Gasteiger partial charge in [-0.2, -0.15) is 0 Å². The lowest BCUT2D eigenvalue weighted by atomic mass is 10.0. The van der Waals surface area contributed by atoms with Crippen LogP contribution in [0.3, 0.4) is 0 Å². The van der Waals surface area contributed by atoms with Gasteiger partial charge in [-0.05, 0) is 68.8 Å². The number of nitrogens with one attached hydrogen (secondary N) is 1. The minimum atomic E-state index is 0.215. The highest BCUT2D eigenvalue weighted by Gasteiger charge is 2.13. The third kappa shape index (κ3) is 5.35. The second-order valence-electron chi connectivity index (χ2n) is 5.07. The van der Waals surface area contributed by atoms with Crippen LogP contribution in [0.1, 0.15) is 32.8 Å². The highest BCUT2D eigenvalue weighted by Crippen LogP contribution is 2.34. The summed E-state index contributed by atoms with van der Waals surface area (Å²) in [6, 6.07) is 4.46. The van der Waals surface area contributed by atoms with Gasteiger partial charge in [-0.3, -0.25) is 0 Å². The number of benzene rings is 1. The van der Waals surface area contributed by atoms with Gasteiger partial charge in [0.05, 0.1) is 15.6 Å². The van der Waals surface area contributed by atoms with E-state index in [-0.39, 0.29) is 6.61 Å². The molecule has 0 aliphatic heterocycles. The van der Waals surface area contributed by atoms with E-state index in [9.17, 15) is 0 Å². The van der Waals surface area contributed by atoms with Crippen LogP contribution >= 0.6 is 31.9 Å². The SMILES string of the molecule is CCOc1c(Br)cc(CNC(CCO)C(C)C)cc1Br. The summed E-state index contributed by atoms with van der Waals surface area (Å²) < 4.78 is 7.48. The molecule has 1 unspecified atom stereocenters. The number of hydrogen-bond donors (Lipinski definition) is 2. The van der Waals surface area contributed by atoms with E-state index >= 15 is 0 Å². The van der Waals surface area contributed by atoms with Gasteiger partial charge in [0, 0.05) is 19.2 Å². The first-order valence-electron chi connectivity index (χ1n) is 6.94. The van der Waals surface area contributed by atoms with Gasteiger partial charge in [0.25, 0.3) is 0 Å². The van der Waals surface area contributed by atoms with Crippen molar-refractivity contribution < 1.29 is 9.84 Å². The number of halogens is 2. The Bertz CT molecular complexity index is 401. The van der Waals surface area contributed by atoms with E-state index < -0.39 is 0 Å². The minimum absolute atomic E-state index is 0.215. The monoisotopic (exact) mass is 407 g/mol. The lowest BCUT2D eigenvalue weighted by molar-refractivity contribution is 0.244. The van der Waals surface area contributed by atoms with Gasteiger partial charge < -0.3 is 15.2 Å². The quantitative estimate of drug-likeness (QED) is 0.680. The van der Waals surface area contributed by atoms with Gasteiger partial charge in [0.2, 0.25) is 0 Å². The molecule has 1 rings (SSSR count). The lowest BCUT2D eigenvalue weighted by Crippen LogP contribution is -2.34. The van der Waals surface area contributed by atoms with Crippen LogP contribution in [0.2, 0.25) is 0 Å². The normalized spacial score (nSPS) is 12.8. The van der Waals surface area contributed by atoms with Crippen LogP contribution in [-0.4, -0.2) is 24.4 Å². The third-order valence-electron chi connectivity index (χ3n) is 3.16. The van der Waals surface area contributed by atoms with Crippen LogP contribution in [0.15, 0.2) is 21.1 Å². The fourth-order valence-corrected chi connectivity index (χ4v) is 3.57. The Balaban J connectivity index is 2.73. The molecule has 0 saturated heterocycles. The number of ether oxygens (including phenoxy) is 1. The van der Waals surface area contributed by atoms with E-state index in [4.69, 9.17) is 9.84 Å². The van der Waals surface area contributed by atoms with E-state index in [0.29, 0.717) is 18.6 Å². The molecule has 0 radical (unpaired) electrons. The zero-order valence-electron chi connectivity index (χ0n) is 12.2. The largest absolute Gasteiger partial charge is 0.492 e. The number of rotatable bonds is 8. The first-order valence-corrected chi connectivity index (χ1v) is 8.53. The van der Waals surface area contributed by atoms with E-state index in [0.717, 1.165) is 27.7 Å². The molecule has 0 spiro atoms. The Morgan fingerprint density at radius 3 is 2.30 bits per heavy atom. The lowest BCUT2D eigenvalue weighted by Gasteiger charge is -2.22. The van der Waals surface area contributed by atoms with Gasteiger partial charge >= 0.3 is 0 Å². The summed E-state index contributed by atoms with van der Waals surface area (Å²) >= 11 is 7.09. The summed E-state index contributed by atoms with van der Waals surface area (Å²) in [4.78, 5) is 0. The molecule has 1 aromatic rings. The van der Waals surface area contributed by atoms with Crippen molar-refractivity contribution in [2.24, 2.45) is 5.92 Å². The molecule has 3 nitrogen and oxygen atoms in total. The first-order chi connectivity index (χ1) is 9.49. The Morgan fingerprint density at radius 2 is 1.85 bits per heavy atom. The molecule has 0 fully saturated rings. The topological polar surface area (TPSA) is 41.5 Å². The average molecular weight is 409 g/mol. The molecule has 0 saturated carbocycles. The van der Waals surface area contributed by atoms with Crippen LogP contribution in [0, 0.1) is 5.92 Å². The summed E-state index contributed by atoms with van der Waals surface area (Å²) in [5, 5.41) is 12.6. The van der Waals surface area contributed by atoms with Gasteiger partial charge in [0.1, 0.15) is 5.75 Å². The van der Waals surface area contributed by atoms with E-state index in [1.54, 1.807) is 0 Å². The van der Waals surface area contributed by atoms with E-state index in [1.807, 2.05) is 6.92 Å². The second kappa shape index (κ2) is 9.03. The number of hydrogen-bond acceptors (Lipinski definition) is 3. The maximum Gasteiger partial charge on any atom is 0.147 e. The molecular formula is C15H23Br2NO2. The van der Waals surface area contributed by atoms with Crippen LogP contribution in [0.4, 0.5) is 0 Å². The molecule has 0 aliphatic carbocycles. The smallest absolute Gasteiger partial charge is 0.147 e. The number of aliphatic hydroxyl groups is 1. The fraction of sp³-hybridized carbons (Fsp3) is 0.600. The Hall–Kier alpha value is -0.100. The molecule has 0 heterocycles. The average Bonchev–Trinajstić information content (AvgIpc) is 2.38. The molecule has 0 aliphatic rings. The Morgan fingerprint density at radius 1 is 1.25 bits per heavy atom. The second-order valence-corrected chi connectivity index (χ2v) is 6.77. The van der Waals surface area contributed by atoms with Crippen LogP contribution in [0.5, 0.6) is 5.75 Å². The standard InChI is InChI=1S/C15H23Br2NO2/c1-4-20-15-12(16)7-11(8-13(15)17)9-18-14(5-6-19)10(2)3/h7-8,10,14,18-19H,4-6,9H2,1-3H3. The van der Waals surface area contributed by atoms with Gasteiger partial charge in [-0.25, -0.2) is 0 Å². The summed E-state index contributed by atoms with van der Waals surface area (Å²) in [6.45, 7) is 7.92. The summed E-state index contributed by atoms with van der Waals surface area (Å²) in [5.74, 6) is 1.34. The zero-order valence-corrected chi connectivity index (χ0v) is 15.4. The summed E-state index contributed by atoms with van der Waals surface area (Å²) in [7, 11) is 0. The minimum Gasteiger partial charge on any atom is -0.492 e. The molecule has 1 aromatic carbocycles.